The van der Waals surface area contributed by atoms with Gasteiger partial charge in [-0.25, -0.2) is 8.78 Å². The second-order valence-electron chi connectivity index (χ2n) is 6.27. The zero-order valence-electron chi connectivity index (χ0n) is 15.5. The van der Waals surface area contributed by atoms with E-state index >= 15 is 0 Å². The molecule has 0 aliphatic heterocycles. The molecule has 2 rings (SSSR count). The molecule has 29 heavy (non-hydrogen) atoms. The van der Waals surface area contributed by atoms with Crippen LogP contribution in [0.3, 0.4) is 0 Å². The van der Waals surface area contributed by atoms with Gasteiger partial charge in [0.15, 0.2) is 0 Å². The van der Waals surface area contributed by atoms with E-state index in [0.717, 1.165) is 12.1 Å². The molecule has 0 saturated carbocycles. The van der Waals surface area contributed by atoms with Crippen LogP contribution >= 0.6 is 11.6 Å². The maximum Gasteiger partial charge on any atom is 0.269 e. The van der Waals surface area contributed by atoms with Gasteiger partial charge in [0.25, 0.3) is 11.6 Å². The highest BCUT2D eigenvalue weighted by atomic mass is 35.5. The van der Waals surface area contributed by atoms with Crippen molar-refractivity contribution >= 4 is 29.1 Å². The maximum absolute atomic E-state index is 13.5. The van der Waals surface area contributed by atoms with Gasteiger partial charge in [-0.15, -0.1) is 0 Å². The Morgan fingerprint density at radius 1 is 1.21 bits per heavy atom. The largest absolute Gasteiger partial charge is 0.352 e. The van der Waals surface area contributed by atoms with E-state index in [0.29, 0.717) is 23.1 Å². The Labute approximate surface area is 170 Å². The van der Waals surface area contributed by atoms with Gasteiger partial charge in [-0.3, -0.25) is 19.7 Å². The molecule has 10 heteroatoms. The van der Waals surface area contributed by atoms with E-state index in [-0.39, 0.29) is 36.7 Å². The minimum Gasteiger partial charge on any atom is -0.352 e. The number of nitro benzene ring substituents is 1. The summed E-state index contributed by atoms with van der Waals surface area (Å²) < 4.78 is 26.4. The Morgan fingerprint density at radius 3 is 2.59 bits per heavy atom. The predicted octanol–water partition coefficient (Wildman–Crippen LogP) is 3.70. The van der Waals surface area contributed by atoms with Gasteiger partial charge in [0.05, 0.1) is 10.5 Å². The lowest BCUT2D eigenvalue weighted by atomic mass is 10.1. The Hall–Kier alpha value is -3.07. The van der Waals surface area contributed by atoms with Gasteiger partial charge in [-0.2, -0.15) is 0 Å². The number of rotatable bonds is 8. The molecular formula is C19H18ClF2N3O4. The van der Waals surface area contributed by atoms with E-state index in [9.17, 15) is 28.5 Å². The molecule has 0 aliphatic carbocycles. The minimum absolute atomic E-state index is 0.0898. The Balaban J connectivity index is 1.82. The number of halogens is 3. The van der Waals surface area contributed by atoms with Crippen molar-refractivity contribution in [2.45, 2.75) is 19.4 Å². The van der Waals surface area contributed by atoms with E-state index in [4.69, 9.17) is 11.6 Å². The van der Waals surface area contributed by atoms with Gasteiger partial charge in [-0.05, 0) is 30.2 Å². The van der Waals surface area contributed by atoms with Crippen LogP contribution in [0.25, 0.3) is 0 Å². The van der Waals surface area contributed by atoms with Crippen LogP contribution in [-0.4, -0.2) is 35.2 Å². The number of non-ortho nitro benzene ring substituents is 1. The first kappa shape index (κ1) is 22.2. The van der Waals surface area contributed by atoms with E-state index in [1.165, 1.54) is 30.1 Å². The standard InChI is InChI=1S/C19H18ClF2N3O4/c1-24(11-12-9-14(25(28)29)5-7-16(12)20)18(26)3-2-8-23-19(27)15-6-4-13(21)10-17(15)22/h4-7,9-10H,2-3,8,11H2,1H3,(H,23,27). The summed E-state index contributed by atoms with van der Waals surface area (Å²) in [7, 11) is 1.53. The van der Waals surface area contributed by atoms with E-state index in [1.54, 1.807) is 0 Å². The number of benzene rings is 2. The average Bonchev–Trinajstić information content (AvgIpc) is 2.66. The Bertz CT molecular complexity index is 940. The summed E-state index contributed by atoms with van der Waals surface area (Å²) in [4.78, 5) is 35.8. The van der Waals surface area contributed by atoms with Crippen LogP contribution in [-0.2, 0) is 11.3 Å². The van der Waals surface area contributed by atoms with Crippen molar-refractivity contribution in [2.24, 2.45) is 0 Å². The number of amides is 2. The van der Waals surface area contributed by atoms with Crippen molar-refractivity contribution in [1.29, 1.82) is 0 Å². The molecule has 0 bridgehead atoms. The topological polar surface area (TPSA) is 92.5 Å². The smallest absolute Gasteiger partial charge is 0.269 e. The average molecular weight is 426 g/mol. The summed E-state index contributed by atoms with van der Waals surface area (Å²) in [5, 5.41) is 13.6. The third-order valence-corrected chi connectivity index (χ3v) is 4.47. The van der Waals surface area contributed by atoms with Gasteiger partial charge in [0.2, 0.25) is 5.91 Å². The Morgan fingerprint density at radius 2 is 1.93 bits per heavy atom. The van der Waals surface area contributed by atoms with Gasteiger partial charge in [0.1, 0.15) is 11.6 Å². The molecule has 1 N–H and O–H groups in total. The molecule has 0 unspecified atom stereocenters. The molecule has 0 atom stereocenters. The lowest BCUT2D eigenvalue weighted by Gasteiger charge is -2.18. The highest BCUT2D eigenvalue weighted by molar-refractivity contribution is 6.31. The van der Waals surface area contributed by atoms with Crippen molar-refractivity contribution in [1.82, 2.24) is 10.2 Å². The summed E-state index contributed by atoms with van der Waals surface area (Å²) >= 11 is 6.03. The molecule has 0 saturated heterocycles. The van der Waals surface area contributed by atoms with Crippen LogP contribution in [0.2, 0.25) is 5.02 Å². The fourth-order valence-electron chi connectivity index (χ4n) is 2.54. The quantitative estimate of drug-likeness (QED) is 0.396. The fraction of sp³-hybridized carbons (Fsp3) is 0.263. The lowest BCUT2D eigenvalue weighted by molar-refractivity contribution is -0.384. The summed E-state index contributed by atoms with van der Waals surface area (Å²) in [5.74, 6) is -2.70. The normalized spacial score (nSPS) is 10.5. The molecule has 0 fully saturated rings. The summed E-state index contributed by atoms with van der Waals surface area (Å²) in [5.41, 5.74) is 0.0351. The van der Waals surface area contributed by atoms with Crippen molar-refractivity contribution in [2.75, 3.05) is 13.6 Å². The molecule has 154 valence electrons. The van der Waals surface area contributed by atoms with Gasteiger partial charge in [-0.1, -0.05) is 11.6 Å². The lowest BCUT2D eigenvalue weighted by Crippen LogP contribution is -2.29. The number of nitro groups is 1. The van der Waals surface area contributed by atoms with E-state index < -0.39 is 22.5 Å². The SMILES string of the molecule is CN(Cc1cc([N+](=O)[O-])ccc1Cl)C(=O)CCCNC(=O)c1ccc(F)cc1F. The fourth-order valence-corrected chi connectivity index (χ4v) is 2.72. The first-order valence-electron chi connectivity index (χ1n) is 8.59. The van der Waals surface area contributed by atoms with E-state index in [2.05, 4.69) is 5.32 Å². The van der Waals surface area contributed by atoms with Crippen molar-refractivity contribution in [3.05, 3.63) is 74.3 Å². The molecule has 0 aliphatic rings. The number of carbonyl (C=O) groups excluding carboxylic acids is 2. The molecule has 0 spiro atoms. The molecule has 0 heterocycles. The number of nitrogens with zero attached hydrogens (tertiary/aromatic N) is 2. The van der Waals surface area contributed by atoms with Crippen molar-refractivity contribution in [3.63, 3.8) is 0 Å². The van der Waals surface area contributed by atoms with E-state index in [1.807, 2.05) is 0 Å². The predicted molar refractivity (Wildman–Crippen MR) is 103 cm³/mol. The summed E-state index contributed by atoms with van der Waals surface area (Å²) in [6, 6.07) is 6.63. The van der Waals surface area contributed by atoms with Crippen LogP contribution in [0, 0.1) is 21.7 Å². The summed E-state index contributed by atoms with van der Waals surface area (Å²) in [6.45, 7) is 0.208. The summed E-state index contributed by atoms with van der Waals surface area (Å²) in [6.07, 6.45) is 0.385. The first-order valence-corrected chi connectivity index (χ1v) is 8.97. The number of hydrogen-bond donors (Lipinski definition) is 1. The van der Waals surface area contributed by atoms with Gasteiger partial charge >= 0.3 is 0 Å². The second-order valence-corrected chi connectivity index (χ2v) is 6.67. The zero-order valence-corrected chi connectivity index (χ0v) is 16.2. The maximum atomic E-state index is 13.5. The van der Waals surface area contributed by atoms with Crippen LogP contribution in [0.15, 0.2) is 36.4 Å². The van der Waals surface area contributed by atoms with Crippen molar-refractivity contribution in [3.8, 4) is 0 Å². The van der Waals surface area contributed by atoms with Crippen LogP contribution in [0.1, 0.15) is 28.8 Å². The minimum atomic E-state index is -0.966. The first-order chi connectivity index (χ1) is 13.7. The van der Waals surface area contributed by atoms with Gasteiger partial charge in [0, 0.05) is 49.8 Å². The third-order valence-electron chi connectivity index (χ3n) is 4.10. The van der Waals surface area contributed by atoms with Gasteiger partial charge < -0.3 is 10.2 Å². The zero-order chi connectivity index (χ0) is 21.6. The van der Waals surface area contributed by atoms with Crippen LogP contribution < -0.4 is 5.32 Å². The monoisotopic (exact) mass is 425 g/mol. The number of nitrogens with one attached hydrogen (secondary N) is 1. The van der Waals surface area contributed by atoms with Crippen molar-refractivity contribution < 1.29 is 23.3 Å². The molecule has 0 aromatic heterocycles. The molecule has 7 nitrogen and oxygen atoms in total. The Kier molecular flexibility index (Phi) is 7.60. The molecule has 2 aromatic carbocycles. The highest BCUT2D eigenvalue weighted by Crippen LogP contribution is 2.23. The van der Waals surface area contributed by atoms with Crippen LogP contribution in [0.5, 0.6) is 0 Å². The highest BCUT2D eigenvalue weighted by Gasteiger charge is 2.15. The molecule has 2 amide bonds. The number of carbonyl (C=O) groups is 2. The number of hydrogen-bond acceptors (Lipinski definition) is 4. The van der Waals surface area contributed by atoms with Crippen LogP contribution in [0.4, 0.5) is 14.5 Å². The molecule has 2 aromatic rings. The molecular weight excluding hydrogens is 408 g/mol. The molecule has 0 radical (unpaired) electrons. The third kappa shape index (κ3) is 6.21. The second kappa shape index (κ2) is 9.92.